The molecule has 1 fully saturated rings. The van der Waals surface area contributed by atoms with Crippen LogP contribution in [-0.4, -0.2) is 78.0 Å². The van der Waals surface area contributed by atoms with Crippen LogP contribution in [0.2, 0.25) is 5.02 Å². The van der Waals surface area contributed by atoms with E-state index in [1.807, 2.05) is 48.5 Å². The highest BCUT2D eigenvalue weighted by Crippen LogP contribution is 2.33. The summed E-state index contributed by atoms with van der Waals surface area (Å²) in [7, 11) is -3.34. The summed E-state index contributed by atoms with van der Waals surface area (Å²) in [6.07, 6.45) is 4.65. The Morgan fingerprint density at radius 2 is 1.85 bits per heavy atom. The van der Waals surface area contributed by atoms with Crippen molar-refractivity contribution in [2.24, 2.45) is 0 Å². The molecular weight excluding hydrogens is 620 g/mol. The molecule has 2 aromatic heterocycles. The number of hydrogen-bond acceptors (Lipinski definition) is 7. The van der Waals surface area contributed by atoms with Crippen LogP contribution in [0, 0.1) is 11.8 Å². The predicted molar refractivity (Wildman–Crippen MR) is 181 cm³/mol. The molecule has 1 saturated heterocycles. The van der Waals surface area contributed by atoms with E-state index in [-0.39, 0.29) is 0 Å². The Labute approximate surface area is 276 Å². The van der Waals surface area contributed by atoms with E-state index < -0.39 is 10.0 Å². The zero-order chi connectivity index (χ0) is 31.9. The standard InChI is InChI=1S/C35H39ClN6O3S/c1-46(43,44)41-17-13-34-32(26-41)35(39-42(34)16-5-15-40-18-20-45-21-19-40)30-11-12-33(36)29(23-30)10-9-27-6-4-7-28(22-27)24-37-25-31-8-2-3-14-38-31/h2-4,6-8,11-12,14,22-23,37H,5,13,15-21,24-26H2,1H3. The molecule has 2 aromatic carbocycles. The number of aromatic nitrogens is 3. The minimum atomic E-state index is -3.34. The Balaban J connectivity index is 1.22. The molecule has 4 aromatic rings. The minimum absolute atomic E-state index is 0.303. The molecule has 1 N–H and O–H groups in total. The molecule has 11 heteroatoms. The van der Waals surface area contributed by atoms with Gasteiger partial charge >= 0.3 is 0 Å². The molecule has 0 aliphatic carbocycles. The van der Waals surface area contributed by atoms with Gasteiger partial charge in [0.15, 0.2) is 0 Å². The van der Waals surface area contributed by atoms with Gasteiger partial charge in [-0.15, -0.1) is 0 Å². The first-order valence-electron chi connectivity index (χ1n) is 15.7. The molecule has 0 saturated carbocycles. The van der Waals surface area contributed by atoms with E-state index in [9.17, 15) is 8.42 Å². The number of morpholine rings is 1. The third kappa shape index (κ3) is 8.23. The first-order valence-corrected chi connectivity index (χ1v) is 17.9. The fraction of sp³-hybridized carbons (Fsp3) is 0.371. The molecule has 240 valence electrons. The second-order valence-electron chi connectivity index (χ2n) is 11.7. The van der Waals surface area contributed by atoms with Gasteiger partial charge in [-0.3, -0.25) is 14.6 Å². The molecule has 4 heterocycles. The van der Waals surface area contributed by atoms with E-state index >= 15 is 0 Å². The summed E-state index contributed by atoms with van der Waals surface area (Å²) in [6.45, 7) is 7.35. The van der Waals surface area contributed by atoms with Crippen LogP contribution in [0.3, 0.4) is 0 Å². The Morgan fingerprint density at radius 1 is 0.978 bits per heavy atom. The summed E-state index contributed by atoms with van der Waals surface area (Å²) in [5.41, 5.74) is 7.44. The summed E-state index contributed by atoms with van der Waals surface area (Å²) >= 11 is 6.64. The third-order valence-corrected chi connectivity index (χ3v) is 9.96. The van der Waals surface area contributed by atoms with Crippen molar-refractivity contribution in [2.75, 3.05) is 45.6 Å². The monoisotopic (exact) mass is 658 g/mol. The second-order valence-corrected chi connectivity index (χ2v) is 14.1. The van der Waals surface area contributed by atoms with Crippen LogP contribution in [0.25, 0.3) is 11.3 Å². The number of halogens is 1. The molecule has 0 radical (unpaired) electrons. The van der Waals surface area contributed by atoms with Crippen molar-refractivity contribution in [3.8, 4) is 23.1 Å². The number of pyridine rings is 1. The van der Waals surface area contributed by atoms with Gasteiger partial charge in [-0.1, -0.05) is 47.7 Å². The van der Waals surface area contributed by atoms with Crippen LogP contribution in [0.4, 0.5) is 0 Å². The van der Waals surface area contributed by atoms with Gasteiger partial charge in [-0.2, -0.15) is 9.40 Å². The summed E-state index contributed by atoms with van der Waals surface area (Å²) in [5.74, 6) is 6.55. The molecular formula is C35H39ClN6O3S. The summed E-state index contributed by atoms with van der Waals surface area (Å²) in [6, 6.07) is 19.8. The number of nitrogens with zero attached hydrogens (tertiary/aromatic N) is 5. The molecule has 46 heavy (non-hydrogen) atoms. The van der Waals surface area contributed by atoms with Gasteiger partial charge in [-0.05, 0) is 48.4 Å². The molecule has 0 bridgehead atoms. The van der Waals surface area contributed by atoms with Crippen molar-refractivity contribution in [3.63, 3.8) is 0 Å². The molecule has 6 rings (SSSR count). The fourth-order valence-corrected chi connectivity index (χ4v) is 6.89. The number of ether oxygens (including phenoxy) is 1. The van der Waals surface area contributed by atoms with Gasteiger partial charge in [0.25, 0.3) is 0 Å². The van der Waals surface area contributed by atoms with Gasteiger partial charge < -0.3 is 10.1 Å². The summed E-state index contributed by atoms with van der Waals surface area (Å²) in [5, 5.41) is 9.05. The maximum Gasteiger partial charge on any atom is 0.211 e. The van der Waals surface area contributed by atoms with E-state index in [1.54, 1.807) is 6.20 Å². The van der Waals surface area contributed by atoms with E-state index in [2.05, 4.69) is 43.9 Å². The SMILES string of the molecule is CS(=O)(=O)N1CCc2c(c(-c3ccc(Cl)c(C#Cc4cccc(CNCc5ccccn5)c4)c3)nn2CCCN2CCOCC2)C1. The van der Waals surface area contributed by atoms with E-state index in [0.29, 0.717) is 43.2 Å². The van der Waals surface area contributed by atoms with Gasteiger partial charge in [0.05, 0.1) is 35.9 Å². The average molecular weight is 659 g/mol. The first-order chi connectivity index (χ1) is 22.3. The number of hydrogen-bond donors (Lipinski definition) is 1. The fourth-order valence-electron chi connectivity index (χ4n) is 5.94. The number of benzene rings is 2. The number of sulfonamides is 1. The van der Waals surface area contributed by atoms with Crippen LogP contribution in [-0.2, 0) is 47.4 Å². The van der Waals surface area contributed by atoms with Gasteiger partial charge in [0.1, 0.15) is 0 Å². The molecule has 9 nitrogen and oxygen atoms in total. The molecule has 2 aliphatic heterocycles. The summed E-state index contributed by atoms with van der Waals surface area (Å²) in [4.78, 5) is 6.78. The normalized spacial score (nSPS) is 15.7. The Hall–Kier alpha value is -3.56. The molecule has 0 atom stereocenters. The number of fused-ring (bicyclic) bond motifs is 1. The van der Waals surface area contributed by atoms with Crippen molar-refractivity contribution in [3.05, 3.63) is 106 Å². The lowest BCUT2D eigenvalue weighted by atomic mass is 10.0. The highest BCUT2D eigenvalue weighted by Gasteiger charge is 2.30. The Morgan fingerprint density at radius 3 is 2.65 bits per heavy atom. The zero-order valence-corrected chi connectivity index (χ0v) is 27.7. The van der Waals surface area contributed by atoms with Gasteiger partial charge in [0.2, 0.25) is 10.0 Å². The topological polar surface area (TPSA) is 92.6 Å². The van der Waals surface area contributed by atoms with Crippen molar-refractivity contribution in [1.82, 2.24) is 29.3 Å². The van der Waals surface area contributed by atoms with Crippen LogP contribution >= 0.6 is 11.6 Å². The molecule has 2 aliphatic rings. The highest BCUT2D eigenvalue weighted by molar-refractivity contribution is 7.88. The van der Waals surface area contributed by atoms with Gasteiger partial charge in [-0.25, -0.2) is 8.42 Å². The Bertz CT molecular complexity index is 1830. The lowest BCUT2D eigenvalue weighted by molar-refractivity contribution is 0.0368. The van der Waals surface area contributed by atoms with E-state index in [1.165, 1.54) is 10.6 Å². The van der Waals surface area contributed by atoms with Crippen molar-refractivity contribution < 1.29 is 13.2 Å². The molecule has 0 unspecified atom stereocenters. The van der Waals surface area contributed by atoms with Crippen LogP contribution < -0.4 is 5.32 Å². The first kappa shape index (κ1) is 32.4. The third-order valence-electron chi connectivity index (χ3n) is 8.39. The van der Waals surface area contributed by atoms with Crippen molar-refractivity contribution in [2.45, 2.75) is 39.0 Å². The lowest BCUT2D eigenvalue weighted by Crippen LogP contribution is -2.37. The van der Waals surface area contributed by atoms with Crippen molar-refractivity contribution >= 4 is 21.6 Å². The highest BCUT2D eigenvalue weighted by atomic mass is 35.5. The van der Waals surface area contributed by atoms with Crippen LogP contribution in [0.5, 0.6) is 0 Å². The van der Waals surface area contributed by atoms with E-state index in [4.69, 9.17) is 21.4 Å². The zero-order valence-electron chi connectivity index (χ0n) is 26.1. The van der Waals surface area contributed by atoms with Gasteiger partial charge in [0, 0.05) is 92.9 Å². The van der Waals surface area contributed by atoms with Crippen LogP contribution in [0.1, 0.15) is 40.1 Å². The quantitative estimate of drug-likeness (QED) is 0.254. The predicted octanol–water partition coefficient (Wildman–Crippen LogP) is 4.33. The van der Waals surface area contributed by atoms with Crippen LogP contribution in [0.15, 0.2) is 66.9 Å². The largest absolute Gasteiger partial charge is 0.379 e. The maximum atomic E-state index is 12.5. The molecule has 0 amide bonds. The number of nitrogens with one attached hydrogen (secondary N) is 1. The molecule has 0 spiro atoms. The lowest BCUT2D eigenvalue weighted by Gasteiger charge is -2.27. The minimum Gasteiger partial charge on any atom is -0.379 e. The Kier molecular flexibility index (Phi) is 10.5. The smallest absolute Gasteiger partial charge is 0.211 e. The van der Waals surface area contributed by atoms with Crippen molar-refractivity contribution in [1.29, 1.82) is 0 Å². The maximum absolute atomic E-state index is 12.5. The summed E-state index contributed by atoms with van der Waals surface area (Å²) < 4.78 is 34.1. The number of rotatable bonds is 10. The second kappa shape index (κ2) is 14.9. The average Bonchev–Trinajstić information content (AvgIpc) is 3.43. The van der Waals surface area contributed by atoms with E-state index in [0.717, 1.165) is 85.1 Å². The number of aryl methyl sites for hydroxylation is 1.